The van der Waals surface area contributed by atoms with Gasteiger partial charge in [0.15, 0.2) is 0 Å². The molecule has 5 heteroatoms. The van der Waals surface area contributed by atoms with Crippen molar-refractivity contribution >= 4 is 12.0 Å². The van der Waals surface area contributed by atoms with Crippen molar-refractivity contribution in [2.24, 2.45) is 0 Å². The average molecular weight is 228 g/mol. The molecule has 1 saturated heterocycles. The Bertz CT molecular complexity index is 268. The number of carboxylic acids is 1. The van der Waals surface area contributed by atoms with Gasteiger partial charge in [-0.2, -0.15) is 0 Å². The number of rotatable bonds is 4. The van der Waals surface area contributed by atoms with Crippen LogP contribution in [0.3, 0.4) is 0 Å². The van der Waals surface area contributed by atoms with E-state index in [1.807, 2.05) is 0 Å². The summed E-state index contributed by atoms with van der Waals surface area (Å²) in [6, 6.07) is -0.782. The minimum absolute atomic E-state index is 0.154. The SMILES string of the molecule is CCCCN(C)C(=O)N1CCC[C@@H]1C(=O)O. The molecule has 1 fully saturated rings. The van der Waals surface area contributed by atoms with Crippen molar-refractivity contribution in [3.63, 3.8) is 0 Å². The molecular weight excluding hydrogens is 208 g/mol. The Labute approximate surface area is 96.0 Å². The Balaban J connectivity index is 2.55. The first-order valence-corrected chi connectivity index (χ1v) is 5.82. The van der Waals surface area contributed by atoms with E-state index in [9.17, 15) is 9.59 Å². The van der Waals surface area contributed by atoms with Gasteiger partial charge in [0.25, 0.3) is 0 Å². The number of nitrogens with zero attached hydrogens (tertiary/aromatic N) is 2. The highest BCUT2D eigenvalue weighted by molar-refractivity contribution is 5.83. The largest absolute Gasteiger partial charge is 0.480 e. The van der Waals surface area contributed by atoms with E-state index in [2.05, 4.69) is 6.92 Å². The number of likely N-dealkylation sites (tertiary alicyclic amines) is 1. The minimum atomic E-state index is -0.894. The first-order chi connectivity index (χ1) is 7.57. The molecule has 0 spiro atoms. The first kappa shape index (κ1) is 12.8. The van der Waals surface area contributed by atoms with E-state index in [1.165, 1.54) is 4.90 Å². The van der Waals surface area contributed by atoms with Crippen molar-refractivity contribution in [1.82, 2.24) is 9.80 Å². The number of urea groups is 1. The van der Waals surface area contributed by atoms with Gasteiger partial charge in [-0.25, -0.2) is 9.59 Å². The fraction of sp³-hybridized carbons (Fsp3) is 0.818. The lowest BCUT2D eigenvalue weighted by atomic mass is 10.2. The Morgan fingerprint density at radius 3 is 2.75 bits per heavy atom. The quantitative estimate of drug-likeness (QED) is 0.791. The van der Waals surface area contributed by atoms with Gasteiger partial charge in [-0.05, 0) is 19.3 Å². The van der Waals surface area contributed by atoms with Crippen molar-refractivity contribution in [3.8, 4) is 0 Å². The number of carbonyl (C=O) groups is 2. The molecule has 1 heterocycles. The number of aliphatic carboxylic acids is 1. The van der Waals surface area contributed by atoms with E-state index in [0.29, 0.717) is 19.5 Å². The summed E-state index contributed by atoms with van der Waals surface area (Å²) in [4.78, 5) is 26.0. The highest BCUT2D eigenvalue weighted by atomic mass is 16.4. The van der Waals surface area contributed by atoms with E-state index in [0.717, 1.165) is 19.3 Å². The zero-order valence-corrected chi connectivity index (χ0v) is 9.98. The number of amides is 2. The van der Waals surface area contributed by atoms with E-state index >= 15 is 0 Å². The zero-order valence-electron chi connectivity index (χ0n) is 9.98. The summed E-state index contributed by atoms with van der Waals surface area (Å²) in [5.41, 5.74) is 0. The van der Waals surface area contributed by atoms with Crippen molar-refractivity contribution in [2.45, 2.75) is 38.6 Å². The molecule has 1 aliphatic rings. The molecular formula is C11H20N2O3. The summed E-state index contributed by atoms with van der Waals surface area (Å²) >= 11 is 0. The van der Waals surface area contributed by atoms with Crippen LogP contribution in [0.4, 0.5) is 4.79 Å². The Morgan fingerprint density at radius 1 is 1.50 bits per heavy atom. The molecule has 2 amide bonds. The van der Waals surface area contributed by atoms with Crippen LogP contribution in [0, 0.1) is 0 Å². The Kier molecular flexibility index (Phi) is 4.58. The molecule has 5 nitrogen and oxygen atoms in total. The maximum Gasteiger partial charge on any atom is 0.326 e. The van der Waals surface area contributed by atoms with Crippen LogP contribution in [0.1, 0.15) is 32.6 Å². The lowest BCUT2D eigenvalue weighted by Crippen LogP contribution is -2.46. The summed E-state index contributed by atoms with van der Waals surface area (Å²) in [7, 11) is 1.73. The van der Waals surface area contributed by atoms with E-state index in [1.54, 1.807) is 11.9 Å². The lowest BCUT2D eigenvalue weighted by molar-refractivity contribution is -0.141. The van der Waals surface area contributed by atoms with Crippen LogP contribution < -0.4 is 0 Å². The molecule has 0 aromatic carbocycles. The molecule has 0 unspecified atom stereocenters. The normalized spacial score (nSPS) is 19.9. The van der Waals surface area contributed by atoms with Crippen LogP contribution >= 0.6 is 0 Å². The smallest absolute Gasteiger partial charge is 0.326 e. The molecule has 0 aromatic rings. The number of hydrogen-bond acceptors (Lipinski definition) is 2. The molecule has 1 atom stereocenters. The van der Waals surface area contributed by atoms with Gasteiger partial charge in [0, 0.05) is 20.1 Å². The van der Waals surface area contributed by atoms with Crippen LogP contribution in [-0.2, 0) is 4.79 Å². The molecule has 1 N–H and O–H groups in total. The predicted molar refractivity (Wildman–Crippen MR) is 60.3 cm³/mol. The summed E-state index contributed by atoms with van der Waals surface area (Å²) < 4.78 is 0. The van der Waals surface area contributed by atoms with Crippen molar-refractivity contribution in [1.29, 1.82) is 0 Å². The summed E-state index contributed by atoms with van der Waals surface area (Å²) in [6.07, 6.45) is 3.33. The van der Waals surface area contributed by atoms with Gasteiger partial charge in [0.1, 0.15) is 6.04 Å². The highest BCUT2D eigenvalue weighted by Crippen LogP contribution is 2.18. The summed E-state index contributed by atoms with van der Waals surface area (Å²) in [5, 5.41) is 8.98. The highest BCUT2D eigenvalue weighted by Gasteiger charge is 2.35. The number of hydrogen-bond donors (Lipinski definition) is 1. The fourth-order valence-electron chi connectivity index (χ4n) is 1.96. The summed E-state index contributed by atoms with van der Waals surface area (Å²) in [5.74, 6) is -0.894. The van der Waals surface area contributed by atoms with Gasteiger partial charge in [0.2, 0.25) is 0 Å². The zero-order chi connectivity index (χ0) is 12.1. The van der Waals surface area contributed by atoms with E-state index in [4.69, 9.17) is 5.11 Å². The monoisotopic (exact) mass is 228 g/mol. The molecule has 1 rings (SSSR count). The Hall–Kier alpha value is -1.26. The molecule has 0 saturated carbocycles. The first-order valence-electron chi connectivity index (χ1n) is 5.82. The van der Waals surface area contributed by atoms with Crippen LogP contribution in [-0.4, -0.2) is 53.1 Å². The third-order valence-electron chi connectivity index (χ3n) is 2.96. The molecule has 0 bridgehead atoms. The fourth-order valence-corrected chi connectivity index (χ4v) is 1.96. The third kappa shape index (κ3) is 2.87. The van der Waals surface area contributed by atoms with Crippen LogP contribution in [0.15, 0.2) is 0 Å². The molecule has 16 heavy (non-hydrogen) atoms. The van der Waals surface area contributed by atoms with Gasteiger partial charge < -0.3 is 14.9 Å². The van der Waals surface area contributed by atoms with Crippen LogP contribution in [0.5, 0.6) is 0 Å². The molecule has 0 aliphatic carbocycles. The topological polar surface area (TPSA) is 60.9 Å². The summed E-state index contributed by atoms with van der Waals surface area (Å²) in [6.45, 7) is 3.32. The average Bonchev–Trinajstić information content (AvgIpc) is 2.73. The Morgan fingerprint density at radius 2 is 2.19 bits per heavy atom. The van der Waals surface area contributed by atoms with Crippen LogP contribution in [0.2, 0.25) is 0 Å². The molecule has 0 radical (unpaired) electrons. The number of carbonyl (C=O) groups excluding carboxylic acids is 1. The van der Waals surface area contributed by atoms with Crippen LogP contribution in [0.25, 0.3) is 0 Å². The van der Waals surface area contributed by atoms with Gasteiger partial charge in [-0.3, -0.25) is 0 Å². The maximum atomic E-state index is 12.0. The number of unbranched alkanes of at least 4 members (excludes halogenated alkanes) is 1. The lowest BCUT2D eigenvalue weighted by Gasteiger charge is -2.27. The van der Waals surface area contributed by atoms with Gasteiger partial charge in [-0.15, -0.1) is 0 Å². The van der Waals surface area contributed by atoms with E-state index < -0.39 is 12.0 Å². The standard InChI is InChI=1S/C11H20N2O3/c1-3-4-7-12(2)11(16)13-8-5-6-9(13)10(14)15/h9H,3-8H2,1-2H3,(H,14,15)/t9-/m1/s1. The maximum absolute atomic E-state index is 12.0. The third-order valence-corrected chi connectivity index (χ3v) is 2.96. The van der Waals surface area contributed by atoms with E-state index in [-0.39, 0.29) is 6.03 Å². The molecule has 92 valence electrons. The van der Waals surface area contributed by atoms with Crippen molar-refractivity contribution < 1.29 is 14.7 Å². The molecule has 0 aromatic heterocycles. The van der Waals surface area contributed by atoms with Crippen molar-refractivity contribution in [3.05, 3.63) is 0 Å². The van der Waals surface area contributed by atoms with Gasteiger partial charge in [-0.1, -0.05) is 13.3 Å². The second kappa shape index (κ2) is 5.72. The van der Waals surface area contributed by atoms with Gasteiger partial charge >= 0.3 is 12.0 Å². The number of carboxylic acid groups (broad SMARTS) is 1. The predicted octanol–water partition coefficient (Wildman–Crippen LogP) is 1.39. The molecule has 1 aliphatic heterocycles. The second-order valence-corrected chi connectivity index (χ2v) is 4.25. The second-order valence-electron chi connectivity index (χ2n) is 4.25. The minimum Gasteiger partial charge on any atom is -0.480 e. The van der Waals surface area contributed by atoms with Crippen molar-refractivity contribution in [2.75, 3.05) is 20.1 Å². The van der Waals surface area contributed by atoms with Gasteiger partial charge in [0.05, 0.1) is 0 Å².